The smallest absolute Gasteiger partial charge is 0.171 e. The average Bonchev–Trinajstić information content (AvgIpc) is 1.58. The van der Waals surface area contributed by atoms with E-state index in [4.69, 9.17) is 23.9 Å². The van der Waals surface area contributed by atoms with E-state index in [1.165, 1.54) is 30.1 Å². The first-order valence-corrected chi connectivity index (χ1v) is 47.6. The van der Waals surface area contributed by atoms with Gasteiger partial charge in [-0.15, -0.1) is 0 Å². The minimum Gasteiger partial charge on any atom is -0.496 e. The third-order valence-corrected chi connectivity index (χ3v) is 27.9. The van der Waals surface area contributed by atoms with Crippen LogP contribution in [0.2, 0.25) is 0 Å². The molecule has 0 radical (unpaired) electrons. The van der Waals surface area contributed by atoms with Crippen LogP contribution in [0.4, 0.5) is 82.6 Å². The van der Waals surface area contributed by atoms with Gasteiger partial charge in [-0.1, -0.05) is 6.07 Å². The second kappa shape index (κ2) is 40.9. The van der Waals surface area contributed by atoms with Crippen LogP contribution in [0.3, 0.4) is 0 Å². The number of ether oxygens (including phenoxy) is 4. The topological polar surface area (TPSA) is 302 Å². The molecule has 0 atom stereocenters. The fourth-order valence-electron chi connectivity index (χ4n) is 18.4. The first kappa shape index (κ1) is 96.0. The monoisotopic (exact) mass is 1990 g/mol. The Balaban J connectivity index is 0.000000126. The summed E-state index contributed by atoms with van der Waals surface area (Å²) >= 11 is 2.31. The number of piperidine rings is 3. The molecule has 4 aliphatic carbocycles. The molecule has 7 aromatic heterocycles. The number of aliphatic hydroxyl groups is 4. The van der Waals surface area contributed by atoms with Gasteiger partial charge in [0.2, 0.25) is 0 Å². The van der Waals surface area contributed by atoms with Crippen LogP contribution in [-0.4, -0.2) is 255 Å². The molecule has 29 nitrogen and oxygen atoms in total. The summed E-state index contributed by atoms with van der Waals surface area (Å²) in [6.07, 6.45) is 15.0. The van der Waals surface area contributed by atoms with E-state index in [0.29, 0.717) is 204 Å². The number of hydrogen-bond acceptors (Lipinski definition) is 29. The molecule has 4 N–H and O–H groups in total. The molecule has 11 heterocycles. The largest absolute Gasteiger partial charge is 0.496 e. The van der Waals surface area contributed by atoms with Gasteiger partial charge in [0.1, 0.15) is 57.6 Å². The Bertz CT molecular complexity index is 5840. The number of benzene rings is 5. The van der Waals surface area contributed by atoms with Gasteiger partial charge in [-0.3, -0.25) is 4.98 Å². The molecule has 8 fully saturated rings. The number of hydrogen-bond donors (Lipinski definition) is 4. The van der Waals surface area contributed by atoms with E-state index in [2.05, 4.69) is 126 Å². The highest BCUT2D eigenvalue weighted by Gasteiger charge is 2.52. The maximum absolute atomic E-state index is 15.2. The van der Waals surface area contributed by atoms with Gasteiger partial charge in [0, 0.05) is 192 Å². The first-order chi connectivity index (χ1) is 65.7. The summed E-state index contributed by atoms with van der Waals surface area (Å²) in [6.45, 7) is 8.38. The lowest BCUT2D eigenvalue weighted by molar-refractivity contribution is 0.300. The normalized spacial score (nSPS) is 17.6. The highest BCUT2D eigenvalue weighted by Crippen LogP contribution is 2.54. The number of nitrogens with zero attached hydrogens (tertiary/aromatic N) is 21. The number of aliphatic hydroxyl groups excluding tert-OH is 4. The van der Waals surface area contributed by atoms with Crippen LogP contribution in [-0.2, 0) is 22.7 Å². The summed E-state index contributed by atoms with van der Waals surface area (Å²) in [5.41, 5.74) is 0.947. The van der Waals surface area contributed by atoms with Crippen molar-refractivity contribution in [3.63, 3.8) is 0 Å². The summed E-state index contributed by atoms with van der Waals surface area (Å²) in [5.74, 6) is 6.13. The minimum atomic E-state index is -1.58. The average molecular weight is 1990 g/mol. The molecular weight excluding hydrogens is 1870 g/mol. The van der Waals surface area contributed by atoms with Gasteiger partial charge in [0.25, 0.3) is 0 Å². The number of halogens is 8. The standard InChI is InChI=1S/C26H30FIN4O2.C25H29F2N5O2.2C24H28F2N6O2/c1-31(13-14-33)19-4-6-22-21(16-19)24(30-25(29-22)26(27)9-10-26)32-11-7-17(8-12-32)20-5-3-18(28)15-23(20)34-2;1-31(12-13-33)17-14-18-22(19(26)15-17)29-24(25(27)7-8-25)30-23(18)32-10-5-16(6-11-32)21-20(34-2)4-3-9-28-21;1-31(9-10-33)16-11-17-21(18(25)12-16)29-23(24(26)5-6-24)30-22(17)32-7-3-15(4-8-32)20-19(34-2)13-27-14-28-20;1-30(12-13-33)16-14-17-20(18(25)15-16)28-23(24(26)5-6-24)29-21(17)31-8-10-32(11-9-31)22-19(34-2)4-3-7-27-22/h3-6,15-17,33H,7-14H2,1-2H3;3-4,9,14-16,33H,5-8,10-13H2,1-2H3;11-15,33H,3-10H2,1-2H3;3-4,7,14-15,33H,5-6,8-13H2,1-2H3. The van der Waals surface area contributed by atoms with Crippen LogP contribution in [0.5, 0.6) is 23.0 Å². The molecule has 37 heteroatoms. The zero-order chi connectivity index (χ0) is 95.5. The van der Waals surface area contributed by atoms with E-state index in [1.807, 2.05) is 66.5 Å². The molecule has 20 rings (SSSR count). The second-order valence-corrected chi connectivity index (χ2v) is 37.6. The highest BCUT2D eigenvalue weighted by molar-refractivity contribution is 14.1. The maximum Gasteiger partial charge on any atom is 0.171 e. The Labute approximate surface area is 798 Å². The Morgan fingerprint density at radius 3 is 1.12 bits per heavy atom. The zero-order valence-electron chi connectivity index (χ0n) is 77.7. The lowest BCUT2D eigenvalue weighted by atomic mass is 9.88. The van der Waals surface area contributed by atoms with Gasteiger partial charge in [-0.05, 0) is 215 Å². The SMILES string of the molecule is COc1cc(I)ccc1C1CCN(c2nc(C3(F)CC3)nc3ccc(N(C)CCO)cc23)CC1.COc1cccnc1C1CCN(c2nc(C3(F)CC3)nc3c(F)cc(N(C)CCO)cc23)CC1.COc1cccnc1N1CCN(c2nc(C3(F)CC3)nc3c(F)cc(N(C)CCO)cc23)CC1.COc1cncnc1C1CCN(c2nc(C3(F)CC3)nc3c(F)cc(N(C)CCO)cc23)CC1. The lowest BCUT2D eigenvalue weighted by Crippen LogP contribution is -2.47. The fourth-order valence-corrected chi connectivity index (χ4v) is 18.9. The van der Waals surface area contributed by atoms with Crippen LogP contribution < -0.4 is 63.0 Å². The highest BCUT2D eigenvalue weighted by atomic mass is 127. The molecule has 4 aliphatic heterocycles. The number of rotatable bonds is 28. The van der Waals surface area contributed by atoms with Gasteiger partial charge in [0.05, 0.1) is 78.0 Å². The van der Waals surface area contributed by atoms with Crippen molar-refractivity contribution in [3.05, 3.63) is 183 Å². The van der Waals surface area contributed by atoms with Crippen molar-refractivity contribution in [1.82, 2.24) is 59.8 Å². The Hall–Kier alpha value is -11.7. The molecule has 136 heavy (non-hydrogen) atoms. The molecule has 4 saturated carbocycles. The van der Waals surface area contributed by atoms with Crippen molar-refractivity contribution in [2.75, 3.05) is 219 Å². The molecule has 5 aromatic carbocycles. The summed E-state index contributed by atoms with van der Waals surface area (Å²) in [6, 6.07) is 29.5. The quantitative estimate of drug-likeness (QED) is 0.0262. The van der Waals surface area contributed by atoms with Crippen molar-refractivity contribution in [2.24, 2.45) is 0 Å². The number of pyridine rings is 2. The van der Waals surface area contributed by atoms with Gasteiger partial charge < -0.3 is 83.5 Å². The summed E-state index contributed by atoms with van der Waals surface area (Å²) in [5, 5.41) is 39.8. The Morgan fingerprint density at radius 1 is 0.368 bits per heavy atom. The van der Waals surface area contributed by atoms with Crippen LogP contribution in [0, 0.1) is 21.0 Å². The van der Waals surface area contributed by atoms with E-state index in [9.17, 15) is 33.6 Å². The van der Waals surface area contributed by atoms with E-state index < -0.39 is 40.1 Å². The number of aromatic nitrogens is 12. The number of piperazine rings is 1. The molecular formula is C99H115F7IN21O8. The molecule has 4 saturated heterocycles. The number of fused-ring (bicyclic) bond motifs is 4. The third kappa shape index (κ3) is 20.6. The van der Waals surface area contributed by atoms with Crippen molar-refractivity contribution in [3.8, 4) is 23.0 Å². The van der Waals surface area contributed by atoms with Gasteiger partial charge in [0.15, 0.2) is 80.7 Å². The molecule has 0 unspecified atom stereocenters. The van der Waals surface area contributed by atoms with Crippen molar-refractivity contribution in [1.29, 1.82) is 0 Å². The molecule has 0 bridgehead atoms. The molecule has 720 valence electrons. The van der Waals surface area contributed by atoms with E-state index >= 15 is 17.6 Å². The fraction of sp³-hybridized carbons (Fsp3) is 0.475. The molecule has 0 spiro atoms. The van der Waals surface area contributed by atoms with Crippen LogP contribution in [0.1, 0.15) is 148 Å². The predicted octanol–water partition coefficient (Wildman–Crippen LogP) is 15.2. The summed E-state index contributed by atoms with van der Waals surface area (Å²) in [4.78, 5) is 71.7. The number of methoxy groups -OCH3 is 4. The minimum absolute atomic E-state index is 0.0483. The van der Waals surface area contributed by atoms with Crippen LogP contribution in [0.25, 0.3) is 43.6 Å². The van der Waals surface area contributed by atoms with Gasteiger partial charge in [-0.25, -0.2) is 85.6 Å². The number of anilines is 9. The van der Waals surface area contributed by atoms with Crippen molar-refractivity contribution >= 4 is 118 Å². The number of alkyl halides is 4. The molecule has 8 aliphatic rings. The van der Waals surface area contributed by atoms with Crippen LogP contribution >= 0.6 is 22.6 Å². The number of likely N-dealkylation sites (N-methyl/N-ethyl adjacent to an activating group) is 4. The Kier molecular flexibility index (Phi) is 28.9. The van der Waals surface area contributed by atoms with E-state index in [-0.39, 0.29) is 72.3 Å². The third-order valence-electron chi connectivity index (χ3n) is 27.3. The lowest BCUT2D eigenvalue weighted by Gasteiger charge is -2.37. The summed E-state index contributed by atoms with van der Waals surface area (Å²) < 4.78 is 129. The Morgan fingerprint density at radius 2 is 0.721 bits per heavy atom. The molecule has 12 aromatic rings. The van der Waals surface area contributed by atoms with Crippen LogP contribution in [0.15, 0.2) is 122 Å². The van der Waals surface area contributed by atoms with E-state index in [0.717, 1.165) is 106 Å². The van der Waals surface area contributed by atoms with Crippen molar-refractivity contribution < 1.29 is 70.1 Å². The first-order valence-electron chi connectivity index (χ1n) is 46.5. The molecule has 0 amide bonds. The zero-order valence-corrected chi connectivity index (χ0v) is 79.9. The van der Waals surface area contributed by atoms with Gasteiger partial charge in [-0.2, -0.15) is 0 Å². The maximum atomic E-state index is 15.2. The van der Waals surface area contributed by atoms with Gasteiger partial charge >= 0.3 is 0 Å². The predicted molar refractivity (Wildman–Crippen MR) is 520 cm³/mol. The van der Waals surface area contributed by atoms with Crippen molar-refractivity contribution in [2.45, 2.75) is 130 Å². The summed E-state index contributed by atoms with van der Waals surface area (Å²) in [7, 11) is 13.9. The second-order valence-electron chi connectivity index (χ2n) is 36.3. The van der Waals surface area contributed by atoms with E-state index in [1.54, 1.807) is 82.9 Å².